The number of hydrogen-bond donors (Lipinski definition) is 1. The Labute approximate surface area is 118 Å². The number of fused-ring (bicyclic) bond motifs is 1. The minimum atomic E-state index is -0.0786. The maximum Gasteiger partial charge on any atom is 0.257 e. The van der Waals surface area contributed by atoms with Crippen LogP contribution in [0.2, 0.25) is 0 Å². The molecule has 0 aliphatic carbocycles. The normalized spacial score (nSPS) is 14.7. The molecule has 0 saturated heterocycles. The fraction of sp³-hybridized carbons (Fsp3) is 0.250. The molecule has 2 heterocycles. The number of amides is 1. The van der Waals surface area contributed by atoms with Gasteiger partial charge in [0.2, 0.25) is 0 Å². The Morgan fingerprint density at radius 1 is 1.25 bits per heavy atom. The Morgan fingerprint density at radius 3 is 2.85 bits per heavy atom. The van der Waals surface area contributed by atoms with E-state index in [9.17, 15) is 4.79 Å². The van der Waals surface area contributed by atoms with Crippen LogP contribution in [0.25, 0.3) is 0 Å². The lowest BCUT2D eigenvalue weighted by Crippen LogP contribution is -2.29. The summed E-state index contributed by atoms with van der Waals surface area (Å²) < 4.78 is 0. The third kappa shape index (κ3) is 2.56. The maximum absolute atomic E-state index is 12.4. The van der Waals surface area contributed by atoms with Crippen molar-refractivity contribution in [2.75, 3.05) is 18.9 Å². The van der Waals surface area contributed by atoms with Gasteiger partial charge in [-0.1, -0.05) is 18.2 Å². The molecule has 0 fully saturated rings. The van der Waals surface area contributed by atoms with Crippen LogP contribution in [-0.2, 0) is 13.0 Å². The van der Waals surface area contributed by atoms with Crippen LogP contribution in [0, 0.1) is 0 Å². The summed E-state index contributed by atoms with van der Waals surface area (Å²) in [4.78, 5) is 18.8. The van der Waals surface area contributed by atoms with Crippen molar-refractivity contribution in [1.82, 2.24) is 9.88 Å². The van der Waals surface area contributed by atoms with Gasteiger partial charge in [0.1, 0.15) is 0 Å². The van der Waals surface area contributed by atoms with Crippen LogP contribution in [-0.4, -0.2) is 29.4 Å². The quantitative estimate of drug-likeness (QED) is 0.908. The van der Waals surface area contributed by atoms with E-state index in [4.69, 9.17) is 0 Å². The molecule has 1 N–H and O–H groups in total. The molecule has 1 aromatic heterocycles. The fourth-order valence-corrected chi connectivity index (χ4v) is 2.55. The van der Waals surface area contributed by atoms with Crippen molar-refractivity contribution in [2.45, 2.75) is 13.0 Å². The molecule has 0 bridgehead atoms. The molecule has 20 heavy (non-hydrogen) atoms. The second-order valence-corrected chi connectivity index (χ2v) is 5.13. The fourth-order valence-electron chi connectivity index (χ4n) is 2.55. The number of para-hydroxylation sites is 1. The number of anilines is 1. The average Bonchev–Trinajstić information content (AvgIpc) is 2.47. The zero-order valence-corrected chi connectivity index (χ0v) is 11.5. The number of carbonyl (C=O) groups excluding carboxylic acids is 1. The van der Waals surface area contributed by atoms with Gasteiger partial charge in [-0.2, -0.15) is 0 Å². The molecule has 4 nitrogen and oxygen atoms in total. The molecular weight excluding hydrogens is 250 g/mol. The number of likely N-dealkylation sites (N-methyl/N-ethyl adjacent to an activating group) is 1. The Bertz CT molecular complexity index is 625. The molecule has 3 rings (SSSR count). The van der Waals surface area contributed by atoms with Crippen LogP contribution >= 0.6 is 0 Å². The summed E-state index contributed by atoms with van der Waals surface area (Å²) in [5.74, 6) is -0.0786. The highest BCUT2D eigenvalue weighted by Crippen LogP contribution is 2.21. The summed E-state index contributed by atoms with van der Waals surface area (Å²) in [6, 6.07) is 9.51. The van der Waals surface area contributed by atoms with Crippen molar-refractivity contribution in [3.63, 3.8) is 0 Å². The molecule has 1 aliphatic heterocycles. The molecule has 1 aromatic carbocycles. The van der Waals surface area contributed by atoms with Gasteiger partial charge in [-0.25, -0.2) is 0 Å². The first kappa shape index (κ1) is 12.8. The lowest BCUT2D eigenvalue weighted by atomic mass is 9.97. The first-order chi connectivity index (χ1) is 9.74. The maximum atomic E-state index is 12.4. The molecular formula is C16H17N3O. The van der Waals surface area contributed by atoms with E-state index in [-0.39, 0.29) is 5.91 Å². The van der Waals surface area contributed by atoms with Crippen LogP contribution in [0.3, 0.4) is 0 Å². The van der Waals surface area contributed by atoms with Gasteiger partial charge in [-0.3, -0.25) is 9.78 Å². The molecule has 2 aromatic rings. The van der Waals surface area contributed by atoms with Crippen molar-refractivity contribution in [3.8, 4) is 0 Å². The third-order valence-corrected chi connectivity index (χ3v) is 3.61. The molecule has 0 unspecified atom stereocenters. The summed E-state index contributed by atoms with van der Waals surface area (Å²) in [5, 5.41) is 2.93. The predicted octanol–water partition coefficient (Wildman–Crippen LogP) is 2.32. The Balaban J connectivity index is 1.87. The SMILES string of the molecule is CN1CCc2c(cncc2C(=O)Nc2ccccc2)C1. The van der Waals surface area contributed by atoms with Crippen LogP contribution in [0.4, 0.5) is 5.69 Å². The van der Waals surface area contributed by atoms with E-state index in [2.05, 4.69) is 22.2 Å². The second kappa shape index (κ2) is 5.43. The molecule has 0 saturated carbocycles. The number of nitrogens with one attached hydrogen (secondary N) is 1. The molecule has 0 atom stereocenters. The van der Waals surface area contributed by atoms with E-state index in [1.165, 1.54) is 0 Å². The molecule has 0 spiro atoms. The number of rotatable bonds is 2. The summed E-state index contributed by atoms with van der Waals surface area (Å²) in [7, 11) is 2.08. The highest BCUT2D eigenvalue weighted by Gasteiger charge is 2.20. The third-order valence-electron chi connectivity index (χ3n) is 3.61. The van der Waals surface area contributed by atoms with E-state index in [0.29, 0.717) is 5.56 Å². The Morgan fingerprint density at radius 2 is 2.05 bits per heavy atom. The van der Waals surface area contributed by atoms with Crippen LogP contribution in [0.1, 0.15) is 21.5 Å². The number of aromatic nitrogens is 1. The van der Waals surface area contributed by atoms with Crippen LogP contribution in [0.15, 0.2) is 42.7 Å². The summed E-state index contributed by atoms with van der Waals surface area (Å²) in [5.41, 5.74) is 3.79. The van der Waals surface area contributed by atoms with Gasteiger partial charge in [-0.05, 0) is 36.7 Å². The molecule has 1 amide bonds. The van der Waals surface area contributed by atoms with E-state index in [1.807, 2.05) is 36.5 Å². The lowest BCUT2D eigenvalue weighted by Gasteiger charge is -2.25. The highest BCUT2D eigenvalue weighted by atomic mass is 16.1. The molecule has 0 radical (unpaired) electrons. The smallest absolute Gasteiger partial charge is 0.257 e. The first-order valence-corrected chi connectivity index (χ1v) is 6.75. The second-order valence-electron chi connectivity index (χ2n) is 5.13. The number of nitrogens with zero attached hydrogens (tertiary/aromatic N) is 2. The van der Waals surface area contributed by atoms with Gasteiger partial charge in [0.25, 0.3) is 5.91 Å². The van der Waals surface area contributed by atoms with Crippen LogP contribution < -0.4 is 5.32 Å². The topological polar surface area (TPSA) is 45.2 Å². The largest absolute Gasteiger partial charge is 0.322 e. The summed E-state index contributed by atoms with van der Waals surface area (Å²) >= 11 is 0. The zero-order valence-electron chi connectivity index (χ0n) is 11.5. The number of carbonyl (C=O) groups is 1. The van der Waals surface area contributed by atoms with Gasteiger partial charge < -0.3 is 10.2 Å². The number of benzene rings is 1. The molecule has 102 valence electrons. The van der Waals surface area contributed by atoms with E-state index in [0.717, 1.165) is 36.3 Å². The van der Waals surface area contributed by atoms with Crippen molar-refractivity contribution in [2.24, 2.45) is 0 Å². The predicted molar refractivity (Wildman–Crippen MR) is 78.7 cm³/mol. The zero-order chi connectivity index (χ0) is 13.9. The van der Waals surface area contributed by atoms with E-state index >= 15 is 0 Å². The van der Waals surface area contributed by atoms with Crippen molar-refractivity contribution in [3.05, 3.63) is 59.4 Å². The minimum Gasteiger partial charge on any atom is -0.322 e. The lowest BCUT2D eigenvalue weighted by molar-refractivity contribution is 0.102. The van der Waals surface area contributed by atoms with Gasteiger partial charge in [0.15, 0.2) is 0 Å². The first-order valence-electron chi connectivity index (χ1n) is 6.75. The summed E-state index contributed by atoms with van der Waals surface area (Å²) in [6.07, 6.45) is 4.43. The van der Waals surface area contributed by atoms with Crippen LogP contribution in [0.5, 0.6) is 0 Å². The number of hydrogen-bond acceptors (Lipinski definition) is 3. The Kier molecular flexibility index (Phi) is 3.48. The van der Waals surface area contributed by atoms with E-state index < -0.39 is 0 Å². The van der Waals surface area contributed by atoms with E-state index in [1.54, 1.807) is 6.20 Å². The van der Waals surface area contributed by atoms with Crippen molar-refractivity contribution in [1.29, 1.82) is 0 Å². The van der Waals surface area contributed by atoms with Gasteiger partial charge in [0.05, 0.1) is 5.56 Å². The van der Waals surface area contributed by atoms with Crippen molar-refractivity contribution >= 4 is 11.6 Å². The van der Waals surface area contributed by atoms with Crippen molar-refractivity contribution < 1.29 is 4.79 Å². The molecule has 1 aliphatic rings. The van der Waals surface area contributed by atoms with Gasteiger partial charge in [0, 0.05) is 31.2 Å². The van der Waals surface area contributed by atoms with Gasteiger partial charge in [-0.15, -0.1) is 0 Å². The Hall–Kier alpha value is -2.20. The average molecular weight is 267 g/mol. The molecule has 4 heteroatoms. The van der Waals surface area contributed by atoms with Gasteiger partial charge >= 0.3 is 0 Å². The monoisotopic (exact) mass is 267 g/mol. The standard InChI is InChI=1S/C16H17N3O/c1-19-8-7-14-12(11-19)9-17-10-15(14)16(20)18-13-5-3-2-4-6-13/h2-6,9-10H,7-8,11H2,1H3,(H,18,20). The highest BCUT2D eigenvalue weighted by molar-refractivity contribution is 6.05. The summed E-state index contributed by atoms with van der Waals surface area (Å²) in [6.45, 7) is 1.83. The number of pyridine rings is 1. The minimum absolute atomic E-state index is 0.0786.